The van der Waals surface area contributed by atoms with Crippen molar-refractivity contribution in [3.63, 3.8) is 0 Å². The van der Waals surface area contributed by atoms with Gasteiger partial charge in [-0.05, 0) is 38.4 Å². The van der Waals surface area contributed by atoms with Gasteiger partial charge in [-0.25, -0.2) is 0 Å². The van der Waals surface area contributed by atoms with Crippen molar-refractivity contribution in [3.8, 4) is 0 Å². The van der Waals surface area contributed by atoms with Crippen molar-refractivity contribution in [3.05, 3.63) is 11.8 Å². The number of hydrogen-bond acceptors (Lipinski definition) is 3. The van der Waals surface area contributed by atoms with E-state index in [4.69, 9.17) is 5.73 Å². The molecular weight excluding hydrogens is 220 g/mol. The molecule has 4 heteroatoms. The van der Waals surface area contributed by atoms with E-state index in [1.54, 1.807) is 11.8 Å². The van der Waals surface area contributed by atoms with Gasteiger partial charge in [0.25, 0.3) is 0 Å². The molecule has 0 aromatic rings. The summed E-state index contributed by atoms with van der Waals surface area (Å²) in [5, 5.41) is 0. The number of amides is 1. The zero-order valence-electron chi connectivity index (χ0n) is 10.2. The summed E-state index contributed by atoms with van der Waals surface area (Å²) in [5.74, 6) is 1.75. The SMILES string of the molecule is CC(N)CCSCC(=O)N(C)C1=CCCC1. The normalized spacial score (nSPS) is 17.1. The van der Waals surface area contributed by atoms with Crippen LogP contribution in [0.2, 0.25) is 0 Å². The van der Waals surface area contributed by atoms with E-state index in [1.165, 1.54) is 12.1 Å². The van der Waals surface area contributed by atoms with E-state index in [0.717, 1.165) is 25.0 Å². The summed E-state index contributed by atoms with van der Waals surface area (Å²) in [6, 6.07) is 0.234. The van der Waals surface area contributed by atoms with Gasteiger partial charge in [0, 0.05) is 18.8 Å². The third kappa shape index (κ3) is 4.58. The molecule has 1 rings (SSSR count). The highest BCUT2D eigenvalue weighted by Crippen LogP contribution is 2.20. The van der Waals surface area contributed by atoms with Gasteiger partial charge >= 0.3 is 0 Å². The molecule has 16 heavy (non-hydrogen) atoms. The Hall–Kier alpha value is -0.480. The number of thioether (sulfide) groups is 1. The second-order valence-corrected chi connectivity index (χ2v) is 5.46. The van der Waals surface area contributed by atoms with Crippen molar-refractivity contribution in [2.45, 2.75) is 38.6 Å². The van der Waals surface area contributed by atoms with Crippen molar-refractivity contribution in [1.29, 1.82) is 0 Å². The van der Waals surface area contributed by atoms with Crippen LogP contribution in [0.1, 0.15) is 32.6 Å². The number of carbonyl (C=O) groups is 1. The smallest absolute Gasteiger partial charge is 0.236 e. The van der Waals surface area contributed by atoms with E-state index < -0.39 is 0 Å². The summed E-state index contributed by atoms with van der Waals surface area (Å²) >= 11 is 1.68. The number of allylic oxidation sites excluding steroid dienone is 2. The van der Waals surface area contributed by atoms with E-state index in [9.17, 15) is 4.79 Å². The van der Waals surface area contributed by atoms with Gasteiger partial charge in [0.1, 0.15) is 0 Å². The van der Waals surface area contributed by atoms with Crippen LogP contribution in [-0.4, -0.2) is 35.4 Å². The number of hydrogen-bond donors (Lipinski definition) is 1. The lowest BCUT2D eigenvalue weighted by molar-refractivity contribution is -0.125. The second kappa shape index (κ2) is 6.97. The Bertz CT molecular complexity index is 264. The molecule has 0 spiro atoms. The van der Waals surface area contributed by atoms with Gasteiger partial charge in [-0.1, -0.05) is 6.08 Å². The third-order valence-corrected chi connectivity index (χ3v) is 3.74. The summed E-state index contributed by atoms with van der Waals surface area (Å²) in [6.45, 7) is 2.00. The molecule has 0 saturated carbocycles. The molecule has 0 bridgehead atoms. The monoisotopic (exact) mass is 242 g/mol. The Kier molecular flexibility index (Phi) is 5.91. The van der Waals surface area contributed by atoms with Gasteiger partial charge in [0.15, 0.2) is 0 Å². The maximum Gasteiger partial charge on any atom is 0.236 e. The van der Waals surface area contributed by atoms with E-state index >= 15 is 0 Å². The maximum absolute atomic E-state index is 11.8. The molecule has 1 unspecified atom stereocenters. The zero-order chi connectivity index (χ0) is 12.0. The van der Waals surface area contributed by atoms with Crippen LogP contribution in [0.4, 0.5) is 0 Å². The molecule has 1 amide bonds. The van der Waals surface area contributed by atoms with Gasteiger partial charge in [-0.2, -0.15) is 11.8 Å². The molecule has 1 aliphatic carbocycles. The Balaban J connectivity index is 2.19. The van der Waals surface area contributed by atoms with Crippen LogP contribution >= 0.6 is 11.8 Å². The summed E-state index contributed by atoms with van der Waals surface area (Å²) < 4.78 is 0. The topological polar surface area (TPSA) is 46.3 Å². The first-order valence-electron chi connectivity index (χ1n) is 5.90. The Labute approximate surface area is 102 Å². The Morgan fingerprint density at radius 1 is 1.69 bits per heavy atom. The minimum Gasteiger partial charge on any atom is -0.328 e. The molecule has 0 aromatic carbocycles. The minimum atomic E-state index is 0.211. The molecule has 1 aliphatic rings. The lowest BCUT2D eigenvalue weighted by atomic mass is 10.3. The van der Waals surface area contributed by atoms with Crippen LogP contribution in [-0.2, 0) is 4.79 Å². The molecule has 0 radical (unpaired) electrons. The van der Waals surface area contributed by atoms with E-state index in [-0.39, 0.29) is 11.9 Å². The average molecular weight is 242 g/mol. The van der Waals surface area contributed by atoms with Gasteiger partial charge in [0.2, 0.25) is 5.91 Å². The minimum absolute atomic E-state index is 0.211. The number of nitrogens with two attached hydrogens (primary N) is 1. The second-order valence-electron chi connectivity index (χ2n) is 4.36. The van der Waals surface area contributed by atoms with Gasteiger partial charge in [0.05, 0.1) is 5.75 Å². The van der Waals surface area contributed by atoms with E-state index in [2.05, 4.69) is 6.08 Å². The molecule has 92 valence electrons. The predicted octanol–water partition coefficient (Wildman–Crippen LogP) is 1.98. The molecule has 0 heterocycles. The standard InChI is InChI=1S/C12H22N2OS/c1-10(13)7-8-16-9-12(15)14(2)11-5-3-4-6-11/h5,10H,3-4,6-9,13H2,1-2H3. The summed E-state index contributed by atoms with van der Waals surface area (Å²) in [5.41, 5.74) is 6.84. The number of carbonyl (C=O) groups excluding carboxylic acids is 1. The summed E-state index contributed by atoms with van der Waals surface area (Å²) in [7, 11) is 1.88. The molecule has 0 aliphatic heterocycles. The first-order chi connectivity index (χ1) is 7.61. The first kappa shape index (κ1) is 13.6. The van der Waals surface area contributed by atoms with Crippen molar-refractivity contribution in [2.75, 3.05) is 18.6 Å². The highest BCUT2D eigenvalue weighted by atomic mass is 32.2. The molecule has 1 atom stereocenters. The average Bonchev–Trinajstić information content (AvgIpc) is 2.76. The van der Waals surface area contributed by atoms with Crippen LogP contribution in [0.15, 0.2) is 11.8 Å². The van der Waals surface area contributed by atoms with E-state index in [1.807, 2.05) is 18.9 Å². The molecule has 0 aromatic heterocycles. The van der Waals surface area contributed by atoms with Gasteiger partial charge in [-0.3, -0.25) is 4.79 Å². The third-order valence-electron chi connectivity index (χ3n) is 2.76. The quantitative estimate of drug-likeness (QED) is 0.725. The van der Waals surface area contributed by atoms with Gasteiger partial charge in [-0.15, -0.1) is 0 Å². The van der Waals surface area contributed by atoms with Crippen LogP contribution in [0.25, 0.3) is 0 Å². The van der Waals surface area contributed by atoms with E-state index in [0.29, 0.717) is 5.75 Å². The number of rotatable bonds is 6. The van der Waals surface area contributed by atoms with Crippen LogP contribution in [0.5, 0.6) is 0 Å². The molecule has 0 fully saturated rings. The highest BCUT2D eigenvalue weighted by molar-refractivity contribution is 7.99. The molecule has 0 saturated heterocycles. The lowest BCUT2D eigenvalue weighted by Crippen LogP contribution is -2.27. The van der Waals surface area contributed by atoms with Gasteiger partial charge < -0.3 is 10.6 Å². The fraction of sp³-hybridized carbons (Fsp3) is 0.750. The highest BCUT2D eigenvalue weighted by Gasteiger charge is 2.15. The van der Waals surface area contributed by atoms with Crippen LogP contribution in [0, 0.1) is 0 Å². The largest absolute Gasteiger partial charge is 0.328 e. The molecule has 3 nitrogen and oxygen atoms in total. The number of nitrogens with zero attached hydrogens (tertiary/aromatic N) is 1. The Morgan fingerprint density at radius 3 is 3.00 bits per heavy atom. The fourth-order valence-electron chi connectivity index (χ4n) is 1.64. The van der Waals surface area contributed by atoms with Crippen molar-refractivity contribution < 1.29 is 4.79 Å². The fourth-order valence-corrected chi connectivity index (χ4v) is 2.70. The van der Waals surface area contributed by atoms with Crippen molar-refractivity contribution in [1.82, 2.24) is 4.90 Å². The van der Waals surface area contributed by atoms with Crippen LogP contribution < -0.4 is 5.73 Å². The lowest BCUT2D eigenvalue weighted by Gasteiger charge is -2.18. The Morgan fingerprint density at radius 2 is 2.44 bits per heavy atom. The summed E-state index contributed by atoms with van der Waals surface area (Å²) in [6.07, 6.45) is 6.50. The van der Waals surface area contributed by atoms with Crippen molar-refractivity contribution in [2.24, 2.45) is 5.73 Å². The maximum atomic E-state index is 11.8. The predicted molar refractivity (Wildman–Crippen MR) is 70.3 cm³/mol. The molecular formula is C12H22N2OS. The first-order valence-corrected chi connectivity index (χ1v) is 7.05. The van der Waals surface area contributed by atoms with Crippen LogP contribution in [0.3, 0.4) is 0 Å². The molecule has 2 N–H and O–H groups in total. The summed E-state index contributed by atoms with van der Waals surface area (Å²) in [4.78, 5) is 13.6. The van der Waals surface area contributed by atoms with Crippen molar-refractivity contribution >= 4 is 17.7 Å². The zero-order valence-corrected chi connectivity index (χ0v) is 11.1.